The summed E-state index contributed by atoms with van der Waals surface area (Å²) in [4.78, 5) is 9.01. The van der Waals surface area contributed by atoms with Crippen LogP contribution in [0.4, 0.5) is 20.4 Å². The smallest absolute Gasteiger partial charge is 0.126 e. The zero-order valence-electron chi connectivity index (χ0n) is 16.9. The Morgan fingerprint density at radius 1 is 1.00 bits per heavy atom. The molecule has 162 valence electrons. The van der Waals surface area contributed by atoms with E-state index in [1.54, 1.807) is 12.3 Å². The van der Waals surface area contributed by atoms with Gasteiger partial charge in [0.05, 0.1) is 10.7 Å². The quantitative estimate of drug-likeness (QED) is 0.477. The van der Waals surface area contributed by atoms with Gasteiger partial charge < -0.3 is 16.4 Å². The minimum absolute atomic E-state index is 0.242. The van der Waals surface area contributed by atoms with Crippen LogP contribution in [0.2, 0.25) is 5.02 Å². The van der Waals surface area contributed by atoms with Gasteiger partial charge in [-0.1, -0.05) is 17.7 Å². The molecule has 4 rings (SSSR count). The van der Waals surface area contributed by atoms with Crippen molar-refractivity contribution < 1.29 is 8.78 Å². The van der Waals surface area contributed by atoms with Crippen molar-refractivity contribution in [2.45, 2.75) is 44.3 Å². The Morgan fingerprint density at radius 3 is 2.48 bits per heavy atom. The first-order valence-electron chi connectivity index (χ1n) is 10.3. The minimum atomic E-state index is -0.609. The number of aromatic nitrogens is 2. The van der Waals surface area contributed by atoms with Crippen LogP contribution in [0.3, 0.4) is 0 Å². The first-order chi connectivity index (χ1) is 15.0. The number of pyridine rings is 2. The van der Waals surface area contributed by atoms with Crippen molar-refractivity contribution in [3.8, 4) is 11.3 Å². The molecule has 1 saturated carbocycles. The molecular formula is C23H24ClF2N5. The van der Waals surface area contributed by atoms with Gasteiger partial charge in [0.25, 0.3) is 0 Å². The van der Waals surface area contributed by atoms with E-state index in [0.717, 1.165) is 43.1 Å². The number of nitrogens with zero attached hydrogens (tertiary/aromatic N) is 2. The molecule has 3 aromatic rings. The summed E-state index contributed by atoms with van der Waals surface area (Å²) in [6.07, 6.45) is 5.65. The normalized spacial score (nSPS) is 18.6. The SMILES string of the molecule is N[C@H]1CC[C@H](Nc2cc(-c3cccc(NCc4cc(F)cc(F)c4)n3)c(Cl)cn2)CC1. The van der Waals surface area contributed by atoms with Crippen LogP contribution in [0.15, 0.2) is 48.7 Å². The summed E-state index contributed by atoms with van der Waals surface area (Å²) in [5.41, 5.74) is 7.91. The number of hydrogen-bond donors (Lipinski definition) is 3. The van der Waals surface area contributed by atoms with E-state index in [1.165, 1.54) is 12.1 Å². The Labute approximate surface area is 185 Å². The van der Waals surface area contributed by atoms with Crippen LogP contribution < -0.4 is 16.4 Å². The molecule has 0 unspecified atom stereocenters. The third-order valence-electron chi connectivity index (χ3n) is 5.40. The highest BCUT2D eigenvalue weighted by Crippen LogP contribution is 2.30. The van der Waals surface area contributed by atoms with Crippen LogP contribution in [0, 0.1) is 11.6 Å². The Balaban J connectivity index is 1.48. The molecule has 0 bridgehead atoms. The van der Waals surface area contributed by atoms with Crippen LogP contribution in [0.5, 0.6) is 0 Å². The van der Waals surface area contributed by atoms with E-state index in [4.69, 9.17) is 17.3 Å². The van der Waals surface area contributed by atoms with E-state index in [2.05, 4.69) is 20.6 Å². The van der Waals surface area contributed by atoms with Gasteiger partial charge in [0.15, 0.2) is 0 Å². The number of nitrogens with two attached hydrogens (primary N) is 1. The standard InChI is InChI=1S/C23H24ClF2N5/c24-20-13-29-23(30-18-6-4-17(27)5-7-18)11-19(20)21-2-1-3-22(31-21)28-12-14-8-15(25)10-16(26)9-14/h1-3,8-11,13,17-18H,4-7,12,27H2,(H,28,31)(H,29,30)/t17-,18-. The van der Waals surface area contributed by atoms with Crippen molar-refractivity contribution in [1.29, 1.82) is 0 Å². The molecule has 2 aromatic heterocycles. The van der Waals surface area contributed by atoms with E-state index in [1.807, 2.05) is 18.2 Å². The lowest BCUT2D eigenvalue weighted by atomic mass is 9.92. The molecule has 4 N–H and O–H groups in total. The third kappa shape index (κ3) is 5.68. The predicted octanol–water partition coefficient (Wildman–Crippen LogP) is 5.37. The summed E-state index contributed by atoms with van der Waals surface area (Å²) in [5.74, 6) is 0.102. The van der Waals surface area contributed by atoms with Crippen molar-refractivity contribution >= 4 is 23.2 Å². The van der Waals surface area contributed by atoms with Gasteiger partial charge in [-0.25, -0.2) is 18.7 Å². The van der Waals surface area contributed by atoms with Gasteiger partial charge in [-0.2, -0.15) is 0 Å². The number of nitrogens with one attached hydrogen (secondary N) is 2. The molecule has 0 spiro atoms. The summed E-state index contributed by atoms with van der Waals surface area (Å²) < 4.78 is 26.8. The molecule has 0 radical (unpaired) electrons. The van der Waals surface area contributed by atoms with Gasteiger partial charge in [0, 0.05) is 36.5 Å². The minimum Gasteiger partial charge on any atom is -0.367 e. The zero-order chi connectivity index (χ0) is 21.8. The maximum Gasteiger partial charge on any atom is 0.126 e. The number of rotatable bonds is 6. The van der Waals surface area contributed by atoms with Gasteiger partial charge in [0.1, 0.15) is 23.3 Å². The van der Waals surface area contributed by atoms with Crippen LogP contribution in [-0.4, -0.2) is 22.1 Å². The first-order valence-corrected chi connectivity index (χ1v) is 10.7. The molecule has 1 aromatic carbocycles. The lowest BCUT2D eigenvalue weighted by molar-refractivity contribution is 0.410. The Hall–Kier alpha value is -2.77. The van der Waals surface area contributed by atoms with Crippen LogP contribution in [0.1, 0.15) is 31.2 Å². The molecule has 1 aliphatic rings. The molecule has 31 heavy (non-hydrogen) atoms. The second kappa shape index (κ2) is 9.58. The number of hydrogen-bond acceptors (Lipinski definition) is 5. The number of benzene rings is 1. The van der Waals surface area contributed by atoms with Gasteiger partial charge >= 0.3 is 0 Å². The maximum absolute atomic E-state index is 13.4. The fourth-order valence-corrected chi connectivity index (χ4v) is 3.98. The number of anilines is 2. The topological polar surface area (TPSA) is 75.9 Å². The fraction of sp³-hybridized carbons (Fsp3) is 0.304. The Kier molecular flexibility index (Phi) is 6.63. The molecule has 8 heteroatoms. The van der Waals surface area contributed by atoms with Gasteiger partial charge in [-0.3, -0.25) is 0 Å². The van der Waals surface area contributed by atoms with E-state index in [-0.39, 0.29) is 12.6 Å². The van der Waals surface area contributed by atoms with Crippen molar-refractivity contribution in [2.24, 2.45) is 5.73 Å². The third-order valence-corrected chi connectivity index (χ3v) is 5.70. The van der Waals surface area contributed by atoms with Crippen molar-refractivity contribution in [3.63, 3.8) is 0 Å². The average Bonchev–Trinajstić information content (AvgIpc) is 2.75. The lowest BCUT2D eigenvalue weighted by Gasteiger charge is -2.27. The summed E-state index contributed by atoms with van der Waals surface area (Å²) in [6.45, 7) is 0.242. The lowest BCUT2D eigenvalue weighted by Crippen LogP contribution is -2.33. The highest BCUT2D eigenvalue weighted by Gasteiger charge is 2.19. The van der Waals surface area contributed by atoms with Crippen molar-refractivity contribution in [3.05, 3.63) is 70.9 Å². The molecular weight excluding hydrogens is 420 g/mol. The van der Waals surface area contributed by atoms with Crippen LogP contribution >= 0.6 is 11.6 Å². The molecule has 0 amide bonds. The van der Waals surface area contributed by atoms with Crippen molar-refractivity contribution in [2.75, 3.05) is 10.6 Å². The number of halogens is 3. The molecule has 0 aliphatic heterocycles. The Bertz CT molecular complexity index is 1030. The average molecular weight is 444 g/mol. The van der Waals surface area contributed by atoms with E-state index >= 15 is 0 Å². The Morgan fingerprint density at radius 2 is 1.74 bits per heavy atom. The maximum atomic E-state index is 13.4. The van der Waals surface area contributed by atoms with Gasteiger partial charge in [-0.05, 0) is 61.6 Å². The summed E-state index contributed by atoms with van der Waals surface area (Å²) in [7, 11) is 0. The van der Waals surface area contributed by atoms with Crippen LogP contribution in [-0.2, 0) is 6.54 Å². The zero-order valence-corrected chi connectivity index (χ0v) is 17.7. The molecule has 5 nitrogen and oxygen atoms in total. The molecule has 0 saturated heterocycles. The van der Waals surface area contributed by atoms with E-state index in [9.17, 15) is 8.78 Å². The summed E-state index contributed by atoms with van der Waals surface area (Å²) in [5, 5.41) is 7.06. The molecule has 0 atom stereocenters. The molecule has 1 fully saturated rings. The summed E-state index contributed by atoms with van der Waals surface area (Å²) in [6, 6.07) is 11.4. The second-order valence-corrected chi connectivity index (χ2v) is 8.25. The van der Waals surface area contributed by atoms with Crippen LogP contribution in [0.25, 0.3) is 11.3 Å². The molecule has 2 heterocycles. The van der Waals surface area contributed by atoms with E-state index < -0.39 is 11.6 Å². The first kappa shape index (κ1) is 21.5. The second-order valence-electron chi connectivity index (χ2n) is 7.84. The fourth-order valence-electron chi connectivity index (χ4n) is 3.78. The summed E-state index contributed by atoms with van der Waals surface area (Å²) >= 11 is 6.40. The molecule has 1 aliphatic carbocycles. The van der Waals surface area contributed by atoms with Gasteiger partial charge in [-0.15, -0.1) is 0 Å². The predicted molar refractivity (Wildman–Crippen MR) is 120 cm³/mol. The van der Waals surface area contributed by atoms with Crippen molar-refractivity contribution in [1.82, 2.24) is 9.97 Å². The van der Waals surface area contributed by atoms with E-state index in [0.29, 0.717) is 28.1 Å². The van der Waals surface area contributed by atoms with Gasteiger partial charge in [0.2, 0.25) is 0 Å². The highest BCUT2D eigenvalue weighted by atomic mass is 35.5. The largest absolute Gasteiger partial charge is 0.367 e. The highest BCUT2D eigenvalue weighted by molar-refractivity contribution is 6.33. The monoisotopic (exact) mass is 443 g/mol.